The average molecular weight is 402 g/mol. The minimum atomic E-state index is -0.0472. The molecular formula is C15H20Cl4N2O2. The van der Waals surface area contributed by atoms with Gasteiger partial charge in [0.15, 0.2) is 6.61 Å². The molecule has 0 aromatic heterocycles. The predicted molar refractivity (Wildman–Crippen MR) is 97.4 cm³/mol. The van der Waals surface area contributed by atoms with Gasteiger partial charge in [-0.2, -0.15) is 0 Å². The van der Waals surface area contributed by atoms with Crippen LogP contribution in [0.15, 0.2) is 12.1 Å². The van der Waals surface area contributed by atoms with Gasteiger partial charge < -0.3 is 15.0 Å². The third-order valence-electron chi connectivity index (χ3n) is 3.79. The predicted octanol–water partition coefficient (Wildman–Crippen LogP) is 3.91. The molecule has 0 saturated carbocycles. The van der Waals surface area contributed by atoms with E-state index in [1.54, 1.807) is 0 Å². The van der Waals surface area contributed by atoms with Gasteiger partial charge in [-0.1, -0.05) is 34.8 Å². The van der Waals surface area contributed by atoms with Crippen LogP contribution >= 0.6 is 47.2 Å². The summed E-state index contributed by atoms with van der Waals surface area (Å²) in [4.78, 5) is 14.0. The Morgan fingerprint density at radius 3 is 2.43 bits per heavy atom. The molecule has 0 unspecified atom stereocenters. The van der Waals surface area contributed by atoms with Crippen LogP contribution < -0.4 is 10.1 Å². The van der Waals surface area contributed by atoms with E-state index in [-0.39, 0.29) is 24.9 Å². The van der Waals surface area contributed by atoms with Crippen molar-refractivity contribution in [3.05, 3.63) is 27.2 Å². The van der Waals surface area contributed by atoms with Gasteiger partial charge in [0.2, 0.25) is 0 Å². The SMILES string of the molecule is CNCC1CCN(C(=O)COc2cc(Cl)c(Cl)cc2Cl)CC1.Cl. The van der Waals surface area contributed by atoms with Gasteiger partial charge in [-0.15, -0.1) is 12.4 Å². The number of piperidine rings is 1. The maximum absolute atomic E-state index is 12.2. The molecule has 130 valence electrons. The maximum atomic E-state index is 12.2. The molecule has 8 heteroatoms. The van der Waals surface area contributed by atoms with Crippen molar-refractivity contribution in [2.75, 3.05) is 33.3 Å². The second-order valence-electron chi connectivity index (χ2n) is 5.37. The van der Waals surface area contributed by atoms with Gasteiger partial charge in [0.1, 0.15) is 5.75 Å². The van der Waals surface area contributed by atoms with Gasteiger partial charge in [-0.25, -0.2) is 0 Å². The third-order valence-corrected chi connectivity index (χ3v) is 4.80. The molecule has 1 heterocycles. The lowest BCUT2D eigenvalue weighted by Gasteiger charge is -2.31. The lowest BCUT2D eigenvalue weighted by molar-refractivity contribution is -0.134. The number of benzene rings is 1. The maximum Gasteiger partial charge on any atom is 0.260 e. The molecule has 4 nitrogen and oxygen atoms in total. The molecular weight excluding hydrogens is 382 g/mol. The summed E-state index contributed by atoms with van der Waals surface area (Å²) >= 11 is 17.8. The lowest BCUT2D eigenvalue weighted by atomic mass is 9.97. The van der Waals surface area contributed by atoms with E-state index >= 15 is 0 Å². The number of carbonyl (C=O) groups is 1. The molecule has 0 aliphatic carbocycles. The average Bonchev–Trinajstić information content (AvgIpc) is 2.50. The molecule has 1 aliphatic rings. The number of hydrogen-bond acceptors (Lipinski definition) is 3. The Kier molecular flexibility index (Phi) is 8.80. The molecule has 2 rings (SSSR count). The highest BCUT2D eigenvalue weighted by Gasteiger charge is 2.22. The summed E-state index contributed by atoms with van der Waals surface area (Å²) in [7, 11) is 1.95. The van der Waals surface area contributed by atoms with Crippen LogP contribution in [-0.2, 0) is 4.79 Å². The van der Waals surface area contributed by atoms with Crippen molar-refractivity contribution in [3.8, 4) is 5.75 Å². The van der Waals surface area contributed by atoms with Crippen LogP contribution in [0.5, 0.6) is 5.75 Å². The highest BCUT2D eigenvalue weighted by Crippen LogP contribution is 2.33. The van der Waals surface area contributed by atoms with E-state index in [4.69, 9.17) is 39.5 Å². The molecule has 0 bridgehead atoms. The summed E-state index contributed by atoms with van der Waals surface area (Å²) < 4.78 is 5.48. The van der Waals surface area contributed by atoms with Crippen LogP contribution in [0.1, 0.15) is 12.8 Å². The Morgan fingerprint density at radius 2 is 1.83 bits per heavy atom. The van der Waals surface area contributed by atoms with Crippen LogP contribution in [0, 0.1) is 5.92 Å². The smallest absolute Gasteiger partial charge is 0.260 e. The van der Waals surface area contributed by atoms with Crippen LogP contribution in [0.3, 0.4) is 0 Å². The zero-order chi connectivity index (χ0) is 16.1. The fourth-order valence-electron chi connectivity index (χ4n) is 2.52. The summed E-state index contributed by atoms with van der Waals surface area (Å²) in [6, 6.07) is 3.03. The molecule has 1 amide bonds. The normalized spacial score (nSPS) is 15.2. The number of amides is 1. The van der Waals surface area contributed by atoms with Gasteiger partial charge >= 0.3 is 0 Å². The summed E-state index contributed by atoms with van der Waals surface area (Å²) in [5.74, 6) is 0.971. The molecule has 1 aromatic rings. The number of ether oxygens (including phenoxy) is 1. The second kappa shape index (κ2) is 9.80. The summed E-state index contributed by atoms with van der Waals surface area (Å²) in [6.07, 6.45) is 2.03. The highest BCUT2D eigenvalue weighted by molar-refractivity contribution is 6.43. The Balaban J connectivity index is 0.00000264. The largest absolute Gasteiger partial charge is 0.482 e. The third kappa shape index (κ3) is 5.87. The number of hydrogen-bond donors (Lipinski definition) is 1. The Hall–Kier alpha value is -0.390. The van der Waals surface area contributed by atoms with Gasteiger partial charge in [-0.05, 0) is 38.4 Å². The molecule has 0 spiro atoms. The highest BCUT2D eigenvalue weighted by atomic mass is 35.5. The van der Waals surface area contributed by atoms with Gasteiger partial charge in [-0.3, -0.25) is 4.79 Å². The van der Waals surface area contributed by atoms with E-state index in [0.29, 0.717) is 26.7 Å². The van der Waals surface area contributed by atoms with Crippen molar-refractivity contribution >= 4 is 53.1 Å². The molecule has 0 radical (unpaired) electrons. The first-order valence-corrected chi connectivity index (χ1v) is 8.34. The zero-order valence-corrected chi connectivity index (χ0v) is 15.9. The Morgan fingerprint density at radius 1 is 1.22 bits per heavy atom. The van der Waals surface area contributed by atoms with Crippen molar-refractivity contribution in [1.29, 1.82) is 0 Å². The molecule has 1 aromatic carbocycles. The van der Waals surface area contributed by atoms with Crippen molar-refractivity contribution in [2.45, 2.75) is 12.8 Å². The van der Waals surface area contributed by atoms with Gasteiger partial charge in [0.05, 0.1) is 15.1 Å². The van der Waals surface area contributed by atoms with E-state index in [2.05, 4.69) is 5.32 Å². The number of halogens is 4. The van der Waals surface area contributed by atoms with Crippen LogP contribution in [0.4, 0.5) is 0 Å². The number of carbonyl (C=O) groups excluding carboxylic acids is 1. The molecule has 1 fully saturated rings. The lowest BCUT2D eigenvalue weighted by Crippen LogP contribution is -2.42. The quantitative estimate of drug-likeness (QED) is 0.760. The molecule has 0 atom stereocenters. The van der Waals surface area contributed by atoms with Crippen LogP contribution in [0.2, 0.25) is 15.1 Å². The van der Waals surface area contributed by atoms with Crippen molar-refractivity contribution in [1.82, 2.24) is 10.2 Å². The summed E-state index contributed by atoms with van der Waals surface area (Å²) in [5, 5.41) is 4.23. The molecule has 1 saturated heterocycles. The molecule has 23 heavy (non-hydrogen) atoms. The van der Waals surface area contributed by atoms with Gasteiger partial charge in [0.25, 0.3) is 5.91 Å². The standard InChI is InChI=1S/C15H19Cl3N2O2.ClH/c1-19-8-10-2-4-20(5-3-10)15(21)9-22-14-7-12(17)11(16)6-13(14)18;/h6-7,10,19H,2-5,8-9H2,1H3;1H. The van der Waals surface area contributed by atoms with E-state index in [1.165, 1.54) is 12.1 Å². The van der Waals surface area contributed by atoms with Crippen LogP contribution in [0.25, 0.3) is 0 Å². The van der Waals surface area contributed by atoms with E-state index < -0.39 is 0 Å². The van der Waals surface area contributed by atoms with Gasteiger partial charge in [0, 0.05) is 19.2 Å². The molecule has 1 N–H and O–H groups in total. The van der Waals surface area contributed by atoms with Crippen molar-refractivity contribution in [2.24, 2.45) is 5.92 Å². The number of nitrogens with one attached hydrogen (secondary N) is 1. The Labute approximate surface area is 157 Å². The van der Waals surface area contributed by atoms with E-state index in [9.17, 15) is 4.79 Å². The monoisotopic (exact) mass is 400 g/mol. The first-order valence-electron chi connectivity index (χ1n) is 7.21. The summed E-state index contributed by atoms with van der Waals surface area (Å²) in [5.41, 5.74) is 0. The van der Waals surface area contributed by atoms with Crippen molar-refractivity contribution in [3.63, 3.8) is 0 Å². The minimum absolute atomic E-state index is 0. The first kappa shape index (κ1) is 20.7. The van der Waals surface area contributed by atoms with E-state index in [0.717, 1.165) is 32.5 Å². The first-order chi connectivity index (χ1) is 10.5. The fraction of sp³-hybridized carbons (Fsp3) is 0.533. The number of nitrogens with zero attached hydrogens (tertiary/aromatic N) is 1. The number of rotatable bonds is 5. The zero-order valence-electron chi connectivity index (χ0n) is 12.8. The van der Waals surface area contributed by atoms with Crippen LogP contribution in [-0.4, -0.2) is 44.1 Å². The second-order valence-corrected chi connectivity index (χ2v) is 6.59. The number of likely N-dealkylation sites (tertiary alicyclic amines) is 1. The summed E-state index contributed by atoms with van der Waals surface area (Å²) in [6.45, 7) is 2.49. The fourth-order valence-corrected chi connectivity index (χ4v) is 3.11. The topological polar surface area (TPSA) is 41.6 Å². The van der Waals surface area contributed by atoms with E-state index in [1.807, 2.05) is 11.9 Å². The molecule has 1 aliphatic heterocycles. The Bertz CT molecular complexity index is 534. The minimum Gasteiger partial charge on any atom is -0.482 e. The van der Waals surface area contributed by atoms with Crippen molar-refractivity contribution < 1.29 is 9.53 Å².